The number of carbonyl (C=O) groups is 1. The number of carboxylic acid groups (broad SMARTS) is 1. The minimum Gasteiger partial charge on any atom is -0.481 e. The number of carboxylic acids is 1. The first-order chi connectivity index (χ1) is 9.59. The first-order valence-electron chi connectivity index (χ1n) is 6.97. The summed E-state index contributed by atoms with van der Waals surface area (Å²) in [7, 11) is 0. The maximum Gasteiger partial charge on any atom is 0.303 e. The molecule has 0 heterocycles. The number of hydrogen-bond acceptors (Lipinski definition) is 2. The zero-order valence-corrected chi connectivity index (χ0v) is 11.7. The quantitative estimate of drug-likeness (QED) is 0.786. The highest BCUT2D eigenvalue weighted by atomic mass is 16.4. The van der Waals surface area contributed by atoms with Gasteiger partial charge >= 0.3 is 5.97 Å². The zero-order chi connectivity index (χ0) is 14.5. The van der Waals surface area contributed by atoms with E-state index in [1.54, 1.807) is 0 Å². The summed E-state index contributed by atoms with van der Waals surface area (Å²) in [6.07, 6.45) is 1.56. The Bertz CT molecular complexity index is 604. The molecule has 0 saturated heterocycles. The van der Waals surface area contributed by atoms with Gasteiger partial charge in [-0.3, -0.25) is 4.79 Å². The molecule has 1 unspecified atom stereocenters. The van der Waals surface area contributed by atoms with Crippen molar-refractivity contribution in [2.45, 2.75) is 38.7 Å². The number of unbranched alkanes of at least 4 members (excludes halogenated alkanes) is 1. The van der Waals surface area contributed by atoms with Crippen LogP contribution < -0.4 is 0 Å². The lowest BCUT2D eigenvalue weighted by molar-refractivity contribution is -0.137. The number of aryl methyl sites for hydroxylation is 1. The van der Waals surface area contributed by atoms with Crippen molar-refractivity contribution in [1.82, 2.24) is 0 Å². The van der Waals surface area contributed by atoms with Gasteiger partial charge in [-0.05, 0) is 48.1 Å². The molecule has 1 atom stereocenters. The van der Waals surface area contributed by atoms with E-state index in [4.69, 9.17) is 5.11 Å². The predicted molar refractivity (Wildman–Crippen MR) is 79.7 cm³/mol. The van der Waals surface area contributed by atoms with E-state index in [0.717, 1.165) is 22.8 Å². The largest absolute Gasteiger partial charge is 0.481 e. The average Bonchev–Trinajstić information content (AvgIpc) is 2.44. The van der Waals surface area contributed by atoms with Crippen LogP contribution in [0.25, 0.3) is 10.8 Å². The Hall–Kier alpha value is -1.87. The fourth-order valence-corrected chi connectivity index (χ4v) is 2.53. The summed E-state index contributed by atoms with van der Waals surface area (Å²) in [5, 5.41) is 21.2. The van der Waals surface area contributed by atoms with E-state index in [9.17, 15) is 9.90 Å². The van der Waals surface area contributed by atoms with Crippen LogP contribution in [0.4, 0.5) is 0 Å². The van der Waals surface area contributed by atoms with E-state index < -0.39 is 12.1 Å². The van der Waals surface area contributed by atoms with Gasteiger partial charge in [0.15, 0.2) is 0 Å². The van der Waals surface area contributed by atoms with Gasteiger partial charge in [-0.1, -0.05) is 36.4 Å². The number of benzene rings is 2. The summed E-state index contributed by atoms with van der Waals surface area (Å²) in [6.45, 7) is 2.06. The molecule has 20 heavy (non-hydrogen) atoms. The van der Waals surface area contributed by atoms with Gasteiger partial charge in [0.2, 0.25) is 0 Å². The molecule has 0 radical (unpaired) electrons. The zero-order valence-electron chi connectivity index (χ0n) is 11.7. The van der Waals surface area contributed by atoms with Crippen molar-refractivity contribution in [3.05, 3.63) is 47.5 Å². The van der Waals surface area contributed by atoms with Crippen molar-refractivity contribution in [2.24, 2.45) is 0 Å². The molecule has 2 N–H and O–H groups in total. The topological polar surface area (TPSA) is 57.5 Å². The average molecular weight is 272 g/mol. The van der Waals surface area contributed by atoms with Crippen LogP contribution in [-0.2, 0) is 4.79 Å². The summed E-state index contributed by atoms with van der Waals surface area (Å²) in [6, 6.07) is 12.1. The van der Waals surface area contributed by atoms with Gasteiger partial charge in [0, 0.05) is 6.42 Å². The molecular formula is C17H20O3. The highest BCUT2D eigenvalue weighted by Gasteiger charge is 2.12. The van der Waals surface area contributed by atoms with Crippen molar-refractivity contribution in [3.8, 4) is 0 Å². The second-order valence-electron chi connectivity index (χ2n) is 5.17. The first kappa shape index (κ1) is 14.5. The third kappa shape index (κ3) is 3.36. The highest BCUT2D eigenvalue weighted by Crippen LogP contribution is 2.29. The van der Waals surface area contributed by atoms with Crippen molar-refractivity contribution < 1.29 is 15.0 Å². The van der Waals surface area contributed by atoms with Crippen LogP contribution >= 0.6 is 0 Å². The van der Waals surface area contributed by atoms with Crippen LogP contribution in [0.3, 0.4) is 0 Å². The summed E-state index contributed by atoms with van der Waals surface area (Å²) in [5.74, 6) is -0.778. The lowest BCUT2D eigenvalue weighted by Crippen LogP contribution is -2.00. The van der Waals surface area contributed by atoms with Gasteiger partial charge in [-0.15, -0.1) is 0 Å². The predicted octanol–water partition coefficient (Wildman–Crippen LogP) is 3.83. The van der Waals surface area contributed by atoms with Gasteiger partial charge in [-0.25, -0.2) is 0 Å². The van der Waals surface area contributed by atoms with Crippen LogP contribution in [0.2, 0.25) is 0 Å². The number of fused-ring (bicyclic) bond motifs is 1. The molecule has 0 saturated carbocycles. The van der Waals surface area contributed by atoms with Crippen LogP contribution in [0.1, 0.15) is 42.9 Å². The SMILES string of the molecule is Cc1ccc(C(O)CCCCC(=O)O)c2ccccc12. The standard InChI is InChI=1S/C17H20O3/c1-12-10-11-15(14-7-3-2-6-13(12)14)16(18)8-4-5-9-17(19)20/h2-3,6-7,10-11,16,18H,4-5,8-9H2,1H3,(H,19,20). The molecule has 0 amide bonds. The second kappa shape index (κ2) is 6.53. The molecule has 0 aliphatic carbocycles. The molecular weight excluding hydrogens is 252 g/mol. The Labute approximate surface area is 118 Å². The molecule has 3 heteroatoms. The molecule has 0 aromatic heterocycles. The van der Waals surface area contributed by atoms with Gasteiger partial charge in [0.25, 0.3) is 0 Å². The Balaban J connectivity index is 2.12. The third-order valence-electron chi connectivity index (χ3n) is 3.65. The first-order valence-corrected chi connectivity index (χ1v) is 6.97. The Morgan fingerprint density at radius 1 is 1.10 bits per heavy atom. The van der Waals surface area contributed by atoms with Crippen molar-refractivity contribution in [2.75, 3.05) is 0 Å². The minimum atomic E-state index is -0.778. The molecule has 2 aromatic rings. The molecule has 0 fully saturated rings. The van der Waals surface area contributed by atoms with Gasteiger partial charge in [0.05, 0.1) is 6.10 Å². The van der Waals surface area contributed by atoms with Crippen LogP contribution in [0.5, 0.6) is 0 Å². The van der Waals surface area contributed by atoms with Gasteiger partial charge < -0.3 is 10.2 Å². The summed E-state index contributed by atoms with van der Waals surface area (Å²) in [4.78, 5) is 10.5. The lowest BCUT2D eigenvalue weighted by Gasteiger charge is -2.15. The van der Waals surface area contributed by atoms with E-state index in [-0.39, 0.29) is 6.42 Å². The fourth-order valence-electron chi connectivity index (χ4n) is 2.53. The monoisotopic (exact) mass is 272 g/mol. The number of aliphatic carboxylic acids is 1. The maximum atomic E-state index is 10.5. The Kier molecular flexibility index (Phi) is 4.74. The fraction of sp³-hybridized carbons (Fsp3) is 0.353. The van der Waals surface area contributed by atoms with E-state index >= 15 is 0 Å². The lowest BCUT2D eigenvalue weighted by atomic mass is 9.94. The molecule has 2 aromatic carbocycles. The molecule has 0 aliphatic heterocycles. The van der Waals surface area contributed by atoms with Crippen molar-refractivity contribution >= 4 is 16.7 Å². The van der Waals surface area contributed by atoms with Crippen molar-refractivity contribution in [1.29, 1.82) is 0 Å². The summed E-state index contributed by atoms with van der Waals surface area (Å²) in [5.41, 5.74) is 2.13. The van der Waals surface area contributed by atoms with Gasteiger partial charge in [0.1, 0.15) is 0 Å². The number of rotatable bonds is 6. The van der Waals surface area contributed by atoms with Gasteiger partial charge in [-0.2, -0.15) is 0 Å². The molecule has 2 rings (SSSR count). The normalized spacial score (nSPS) is 12.5. The summed E-state index contributed by atoms with van der Waals surface area (Å²) >= 11 is 0. The second-order valence-corrected chi connectivity index (χ2v) is 5.17. The van der Waals surface area contributed by atoms with E-state index in [0.29, 0.717) is 12.8 Å². The number of hydrogen-bond donors (Lipinski definition) is 2. The van der Waals surface area contributed by atoms with Crippen LogP contribution in [-0.4, -0.2) is 16.2 Å². The molecule has 3 nitrogen and oxygen atoms in total. The van der Waals surface area contributed by atoms with E-state index in [1.807, 2.05) is 30.3 Å². The molecule has 0 spiro atoms. The molecule has 0 aliphatic rings. The van der Waals surface area contributed by atoms with E-state index in [2.05, 4.69) is 13.0 Å². The highest BCUT2D eigenvalue weighted by molar-refractivity contribution is 5.88. The molecule has 106 valence electrons. The molecule has 0 bridgehead atoms. The van der Waals surface area contributed by atoms with Crippen LogP contribution in [0.15, 0.2) is 36.4 Å². The number of aliphatic hydroxyl groups is 1. The Morgan fingerprint density at radius 2 is 1.80 bits per heavy atom. The third-order valence-corrected chi connectivity index (χ3v) is 3.65. The maximum absolute atomic E-state index is 10.5. The summed E-state index contributed by atoms with van der Waals surface area (Å²) < 4.78 is 0. The Morgan fingerprint density at radius 3 is 2.50 bits per heavy atom. The minimum absolute atomic E-state index is 0.168. The van der Waals surface area contributed by atoms with Crippen molar-refractivity contribution in [3.63, 3.8) is 0 Å². The van der Waals surface area contributed by atoms with E-state index in [1.165, 1.54) is 5.56 Å². The smallest absolute Gasteiger partial charge is 0.303 e. The number of aliphatic hydroxyl groups excluding tert-OH is 1. The van der Waals surface area contributed by atoms with Crippen LogP contribution in [0, 0.1) is 6.92 Å².